The summed E-state index contributed by atoms with van der Waals surface area (Å²) in [6.07, 6.45) is 0.592. The van der Waals surface area contributed by atoms with Crippen molar-refractivity contribution in [1.82, 2.24) is 0 Å². The average Bonchev–Trinajstić information content (AvgIpc) is 2.00. The fraction of sp³-hybridized carbons (Fsp3) is 0.875. The molecule has 0 aromatic heterocycles. The van der Waals surface area contributed by atoms with E-state index in [-0.39, 0.29) is 6.16 Å². The number of hydrogen-bond donors (Lipinski definition) is 1. The maximum absolute atomic E-state index is 11.1. The molecule has 0 rings (SSSR count). The van der Waals surface area contributed by atoms with Gasteiger partial charge >= 0.3 is 14.0 Å². The molecule has 0 fully saturated rings. The summed E-state index contributed by atoms with van der Waals surface area (Å²) in [5.74, 6) is -0.524. The SMILES string of the molecule is COC(=O)C(CC(C)C)C[P+](=O)O. The number of methoxy groups -OCH3 is 1. The summed E-state index contributed by atoms with van der Waals surface area (Å²) in [4.78, 5) is 19.8. The second kappa shape index (κ2) is 6.06. The normalized spacial score (nSPS) is 14.1. The summed E-state index contributed by atoms with van der Waals surface area (Å²) in [6.45, 7) is 3.92. The first-order valence-electron chi connectivity index (χ1n) is 4.18. The minimum Gasteiger partial charge on any atom is -0.469 e. The zero-order valence-electron chi connectivity index (χ0n) is 8.19. The Hall–Kier alpha value is -0.470. The van der Waals surface area contributed by atoms with E-state index in [0.29, 0.717) is 12.3 Å². The summed E-state index contributed by atoms with van der Waals surface area (Å²) in [6, 6.07) is 0. The van der Waals surface area contributed by atoms with Gasteiger partial charge in [-0.3, -0.25) is 4.79 Å². The van der Waals surface area contributed by atoms with Gasteiger partial charge in [-0.05, 0) is 16.9 Å². The molecule has 0 aliphatic heterocycles. The quantitative estimate of drug-likeness (QED) is 0.548. The van der Waals surface area contributed by atoms with Crippen LogP contribution in [0.2, 0.25) is 0 Å². The van der Waals surface area contributed by atoms with Crippen LogP contribution in [0.15, 0.2) is 0 Å². The molecule has 0 heterocycles. The van der Waals surface area contributed by atoms with Gasteiger partial charge in [0, 0.05) is 0 Å². The van der Waals surface area contributed by atoms with Crippen molar-refractivity contribution < 1.29 is 19.0 Å². The second-order valence-corrected chi connectivity index (χ2v) is 4.45. The number of carbonyl (C=O) groups is 1. The molecule has 0 radical (unpaired) electrons. The Balaban J connectivity index is 4.18. The molecule has 0 aromatic rings. The third-order valence-electron chi connectivity index (χ3n) is 1.67. The van der Waals surface area contributed by atoms with Gasteiger partial charge in [0.1, 0.15) is 5.92 Å². The Morgan fingerprint density at radius 1 is 1.54 bits per heavy atom. The lowest BCUT2D eigenvalue weighted by molar-refractivity contribution is -0.145. The van der Waals surface area contributed by atoms with E-state index in [0.717, 1.165) is 0 Å². The van der Waals surface area contributed by atoms with E-state index in [1.165, 1.54) is 7.11 Å². The standard InChI is InChI=1S/C8H15O4P/c1-6(2)4-7(5-13(10)11)8(9)12-3/h6-7H,4-5H2,1-3H3/p+1. The lowest BCUT2D eigenvalue weighted by atomic mass is 9.99. The molecule has 0 aromatic carbocycles. The Bertz CT molecular complexity index is 191. The van der Waals surface area contributed by atoms with Gasteiger partial charge in [0.15, 0.2) is 6.16 Å². The van der Waals surface area contributed by atoms with Gasteiger partial charge in [-0.2, -0.15) is 4.89 Å². The smallest absolute Gasteiger partial charge is 0.469 e. The van der Waals surface area contributed by atoms with Crippen molar-refractivity contribution in [2.45, 2.75) is 20.3 Å². The van der Waals surface area contributed by atoms with Gasteiger partial charge in [0.05, 0.1) is 7.11 Å². The van der Waals surface area contributed by atoms with Crippen molar-refractivity contribution in [2.75, 3.05) is 13.3 Å². The highest BCUT2D eigenvalue weighted by atomic mass is 31.1. The van der Waals surface area contributed by atoms with E-state index in [4.69, 9.17) is 4.89 Å². The largest absolute Gasteiger partial charge is 0.506 e. The summed E-state index contributed by atoms with van der Waals surface area (Å²) in [7, 11) is -0.968. The van der Waals surface area contributed by atoms with Gasteiger partial charge < -0.3 is 4.74 Å². The third-order valence-corrected chi connectivity index (χ3v) is 2.42. The Morgan fingerprint density at radius 3 is 2.38 bits per heavy atom. The fourth-order valence-corrected chi connectivity index (χ4v) is 1.84. The van der Waals surface area contributed by atoms with Crippen molar-refractivity contribution in [3.8, 4) is 0 Å². The molecule has 76 valence electrons. The number of esters is 1. The van der Waals surface area contributed by atoms with Gasteiger partial charge in [-0.25, -0.2) is 0 Å². The molecule has 0 amide bonds. The first-order valence-corrected chi connectivity index (χ1v) is 5.58. The van der Waals surface area contributed by atoms with E-state index in [1.54, 1.807) is 0 Å². The van der Waals surface area contributed by atoms with Crippen LogP contribution >= 0.6 is 8.03 Å². The van der Waals surface area contributed by atoms with Crippen LogP contribution in [0.25, 0.3) is 0 Å². The van der Waals surface area contributed by atoms with Crippen LogP contribution in [-0.4, -0.2) is 24.1 Å². The number of rotatable bonds is 5. The molecule has 0 aliphatic rings. The molecule has 0 spiro atoms. The van der Waals surface area contributed by atoms with Crippen LogP contribution in [0, 0.1) is 11.8 Å². The molecular weight excluding hydrogens is 191 g/mol. The summed E-state index contributed by atoms with van der Waals surface area (Å²) < 4.78 is 15.1. The van der Waals surface area contributed by atoms with Crippen LogP contribution in [0.4, 0.5) is 0 Å². The van der Waals surface area contributed by atoms with E-state index in [9.17, 15) is 9.36 Å². The Morgan fingerprint density at radius 2 is 2.08 bits per heavy atom. The first-order chi connectivity index (χ1) is 5.97. The molecule has 1 N–H and O–H groups in total. The minimum atomic E-state index is -2.26. The zero-order valence-corrected chi connectivity index (χ0v) is 9.08. The zero-order chi connectivity index (χ0) is 10.4. The maximum Gasteiger partial charge on any atom is 0.506 e. The van der Waals surface area contributed by atoms with Crippen molar-refractivity contribution in [1.29, 1.82) is 0 Å². The monoisotopic (exact) mass is 207 g/mol. The van der Waals surface area contributed by atoms with Crippen LogP contribution in [0.1, 0.15) is 20.3 Å². The van der Waals surface area contributed by atoms with E-state index < -0.39 is 19.9 Å². The average molecular weight is 207 g/mol. The molecule has 5 heteroatoms. The van der Waals surface area contributed by atoms with Crippen LogP contribution in [-0.2, 0) is 14.1 Å². The maximum atomic E-state index is 11.1. The molecule has 0 saturated carbocycles. The molecule has 2 unspecified atom stereocenters. The number of ether oxygens (including phenoxy) is 1. The van der Waals surface area contributed by atoms with Crippen LogP contribution < -0.4 is 0 Å². The fourth-order valence-electron chi connectivity index (χ4n) is 1.17. The van der Waals surface area contributed by atoms with Crippen LogP contribution in [0.3, 0.4) is 0 Å². The van der Waals surface area contributed by atoms with E-state index in [2.05, 4.69) is 4.74 Å². The third kappa shape index (κ3) is 5.72. The van der Waals surface area contributed by atoms with Gasteiger partial charge in [-0.1, -0.05) is 13.8 Å². The molecule has 13 heavy (non-hydrogen) atoms. The van der Waals surface area contributed by atoms with Gasteiger partial charge in [-0.15, -0.1) is 0 Å². The molecular formula is C8H16O4P+. The molecule has 0 saturated heterocycles. The summed E-state index contributed by atoms with van der Waals surface area (Å²) in [5.41, 5.74) is 0. The molecule has 2 atom stereocenters. The molecule has 0 aliphatic carbocycles. The lowest BCUT2D eigenvalue weighted by Gasteiger charge is -2.10. The van der Waals surface area contributed by atoms with Crippen molar-refractivity contribution in [2.24, 2.45) is 11.8 Å². The predicted molar refractivity (Wildman–Crippen MR) is 49.7 cm³/mol. The van der Waals surface area contributed by atoms with Crippen molar-refractivity contribution in [3.05, 3.63) is 0 Å². The highest BCUT2D eigenvalue weighted by Gasteiger charge is 2.29. The summed E-state index contributed by atoms with van der Waals surface area (Å²) in [5, 5.41) is 0. The van der Waals surface area contributed by atoms with Crippen molar-refractivity contribution in [3.63, 3.8) is 0 Å². The predicted octanol–water partition coefficient (Wildman–Crippen LogP) is 1.56. The van der Waals surface area contributed by atoms with E-state index >= 15 is 0 Å². The second-order valence-electron chi connectivity index (χ2n) is 3.38. The van der Waals surface area contributed by atoms with E-state index in [1.807, 2.05) is 13.8 Å². The topological polar surface area (TPSA) is 63.6 Å². The Kier molecular flexibility index (Phi) is 5.84. The minimum absolute atomic E-state index is 0.000185. The van der Waals surface area contributed by atoms with Gasteiger partial charge in [0.25, 0.3) is 0 Å². The number of carbonyl (C=O) groups excluding carboxylic acids is 1. The van der Waals surface area contributed by atoms with Crippen LogP contribution in [0.5, 0.6) is 0 Å². The first kappa shape index (κ1) is 12.5. The Labute approximate surface area is 79.2 Å². The summed E-state index contributed by atoms with van der Waals surface area (Å²) >= 11 is 0. The number of hydrogen-bond acceptors (Lipinski definition) is 3. The lowest BCUT2D eigenvalue weighted by Crippen LogP contribution is -2.20. The highest BCUT2D eigenvalue weighted by Crippen LogP contribution is 2.24. The molecule has 4 nitrogen and oxygen atoms in total. The van der Waals surface area contributed by atoms with Gasteiger partial charge in [0.2, 0.25) is 0 Å². The van der Waals surface area contributed by atoms with Crippen molar-refractivity contribution >= 4 is 14.0 Å². The molecule has 0 bridgehead atoms. The highest BCUT2D eigenvalue weighted by molar-refractivity contribution is 7.38.